The van der Waals surface area contributed by atoms with E-state index >= 15 is 0 Å². The van der Waals surface area contributed by atoms with Crippen LogP contribution in [0.3, 0.4) is 0 Å². The largest absolute Gasteiger partial charge is 0.368 e. The minimum absolute atomic E-state index is 0.000943. The van der Waals surface area contributed by atoms with Gasteiger partial charge in [-0.05, 0) is 80.7 Å². The highest BCUT2D eigenvalue weighted by Crippen LogP contribution is 2.33. The number of amides is 3. The van der Waals surface area contributed by atoms with Gasteiger partial charge in [-0.2, -0.15) is 0 Å². The predicted octanol–water partition coefficient (Wildman–Crippen LogP) is 4.88. The van der Waals surface area contributed by atoms with Gasteiger partial charge < -0.3 is 10.6 Å². The van der Waals surface area contributed by atoms with Crippen molar-refractivity contribution in [3.63, 3.8) is 0 Å². The fourth-order valence-corrected chi connectivity index (χ4v) is 5.98. The molecule has 2 N–H and O–H groups in total. The Hall–Kier alpha value is -2.61. The number of halogens is 2. The maximum atomic E-state index is 13.5. The quantitative estimate of drug-likeness (QED) is 0.444. The summed E-state index contributed by atoms with van der Waals surface area (Å²) in [6, 6.07) is 13.4. The monoisotopic (exact) mass is 558 g/mol. The number of carbonyl (C=O) groups is 3. The van der Waals surface area contributed by atoms with E-state index in [1.54, 1.807) is 17.0 Å². The molecule has 0 atom stereocenters. The van der Waals surface area contributed by atoms with Crippen LogP contribution in [0.2, 0.25) is 10.0 Å². The SMILES string of the molecule is CN(C(=O)c1ccccc1CCCCc1ccc(Cl)c(Cl)c1)N1CCC(C(N)=O)(N2CCCCC2=O)CC1. The average molecular weight is 560 g/mol. The summed E-state index contributed by atoms with van der Waals surface area (Å²) in [6.07, 6.45) is 6.61. The van der Waals surface area contributed by atoms with Crippen LogP contribution in [-0.4, -0.2) is 64.9 Å². The summed E-state index contributed by atoms with van der Waals surface area (Å²) in [5, 5.41) is 4.73. The molecule has 2 saturated heterocycles. The smallest absolute Gasteiger partial charge is 0.268 e. The van der Waals surface area contributed by atoms with E-state index in [9.17, 15) is 14.4 Å². The number of hydrazine groups is 1. The highest BCUT2D eigenvalue weighted by molar-refractivity contribution is 6.42. The Morgan fingerprint density at radius 2 is 1.68 bits per heavy atom. The van der Waals surface area contributed by atoms with Crippen molar-refractivity contribution < 1.29 is 14.4 Å². The number of nitrogens with two attached hydrogens (primary N) is 1. The van der Waals surface area contributed by atoms with Gasteiger partial charge in [0, 0.05) is 38.7 Å². The number of carbonyl (C=O) groups excluding carboxylic acids is 3. The molecule has 0 saturated carbocycles. The molecule has 0 bridgehead atoms. The summed E-state index contributed by atoms with van der Waals surface area (Å²) in [4.78, 5) is 40.4. The van der Waals surface area contributed by atoms with Gasteiger partial charge in [-0.3, -0.25) is 19.4 Å². The Morgan fingerprint density at radius 3 is 2.37 bits per heavy atom. The molecule has 204 valence electrons. The van der Waals surface area contributed by atoms with Gasteiger partial charge in [0.1, 0.15) is 5.54 Å². The number of primary amides is 1. The lowest BCUT2D eigenvalue weighted by Gasteiger charge is -2.49. The van der Waals surface area contributed by atoms with Crippen molar-refractivity contribution in [2.45, 2.75) is 63.3 Å². The Balaban J connectivity index is 1.36. The predicted molar refractivity (Wildman–Crippen MR) is 150 cm³/mol. The maximum Gasteiger partial charge on any atom is 0.268 e. The first-order valence-corrected chi connectivity index (χ1v) is 14.1. The topological polar surface area (TPSA) is 87.0 Å². The van der Waals surface area contributed by atoms with Gasteiger partial charge in [0.2, 0.25) is 11.8 Å². The molecule has 2 aliphatic rings. The van der Waals surface area contributed by atoms with E-state index in [2.05, 4.69) is 0 Å². The molecule has 9 heteroatoms. The molecule has 3 amide bonds. The van der Waals surface area contributed by atoms with Crippen molar-refractivity contribution in [3.05, 3.63) is 69.2 Å². The molecular formula is C29H36Cl2N4O3. The van der Waals surface area contributed by atoms with Crippen LogP contribution >= 0.6 is 23.2 Å². The molecule has 0 spiro atoms. The minimum atomic E-state index is -0.968. The molecule has 2 heterocycles. The first kappa shape index (κ1) is 28.4. The van der Waals surface area contributed by atoms with Crippen LogP contribution in [0.1, 0.15) is 66.4 Å². The Bertz CT molecular complexity index is 1180. The molecule has 0 aromatic heterocycles. The molecule has 7 nitrogen and oxygen atoms in total. The van der Waals surface area contributed by atoms with E-state index in [1.165, 1.54) is 0 Å². The van der Waals surface area contributed by atoms with Gasteiger partial charge in [0.05, 0.1) is 10.0 Å². The third kappa shape index (κ3) is 6.16. The Labute approximate surface area is 234 Å². The molecule has 0 aliphatic carbocycles. The fraction of sp³-hybridized carbons (Fsp3) is 0.483. The van der Waals surface area contributed by atoms with Gasteiger partial charge in [-0.15, -0.1) is 0 Å². The van der Waals surface area contributed by atoms with Crippen LogP contribution in [0, 0.1) is 0 Å². The van der Waals surface area contributed by atoms with Crippen LogP contribution < -0.4 is 5.73 Å². The van der Waals surface area contributed by atoms with E-state index < -0.39 is 11.4 Å². The fourth-order valence-electron chi connectivity index (χ4n) is 5.66. The second-order valence-corrected chi connectivity index (χ2v) is 11.1. The maximum absolute atomic E-state index is 13.5. The lowest BCUT2D eigenvalue weighted by Crippen LogP contribution is -2.66. The molecular weight excluding hydrogens is 523 g/mol. The van der Waals surface area contributed by atoms with Crippen molar-refractivity contribution in [2.75, 3.05) is 26.7 Å². The Kier molecular flexibility index (Phi) is 9.34. The second-order valence-electron chi connectivity index (χ2n) is 10.3. The molecule has 2 fully saturated rings. The summed E-state index contributed by atoms with van der Waals surface area (Å²) in [6.45, 7) is 1.51. The first-order chi connectivity index (χ1) is 18.2. The number of rotatable bonds is 9. The molecule has 4 rings (SSSR count). The van der Waals surface area contributed by atoms with Crippen LogP contribution in [-0.2, 0) is 22.4 Å². The summed E-state index contributed by atoms with van der Waals surface area (Å²) in [7, 11) is 1.77. The highest BCUT2D eigenvalue weighted by atomic mass is 35.5. The lowest BCUT2D eigenvalue weighted by molar-refractivity contribution is -0.154. The number of likely N-dealkylation sites (tertiary alicyclic amines) is 1. The standard InChI is InChI=1S/C29H36Cl2N4O3/c1-33(34-18-15-29(16-19-34,28(32)38)35-17-7-6-12-26(35)36)27(37)23-11-5-4-10-22(23)9-3-2-8-21-13-14-24(30)25(31)20-21/h4-5,10-11,13-14,20H,2-3,6-9,12,15-19H2,1H3,(H2,32,38). The third-order valence-electron chi connectivity index (χ3n) is 7.98. The molecule has 2 aliphatic heterocycles. The molecule has 2 aromatic carbocycles. The van der Waals surface area contributed by atoms with Gasteiger partial charge >= 0.3 is 0 Å². The highest BCUT2D eigenvalue weighted by Gasteiger charge is 2.48. The molecule has 2 aromatic rings. The van der Waals surface area contributed by atoms with Crippen LogP contribution in [0.4, 0.5) is 0 Å². The van der Waals surface area contributed by atoms with E-state index in [0.717, 1.165) is 49.7 Å². The molecule has 38 heavy (non-hydrogen) atoms. The normalized spacial score (nSPS) is 17.9. The number of hydrogen-bond donors (Lipinski definition) is 1. The van der Waals surface area contributed by atoms with Gasteiger partial charge in [0.25, 0.3) is 5.91 Å². The first-order valence-electron chi connectivity index (χ1n) is 13.4. The summed E-state index contributed by atoms with van der Waals surface area (Å²) in [5.41, 5.74) is 7.73. The number of aryl methyl sites for hydroxylation is 2. The van der Waals surface area contributed by atoms with Gasteiger partial charge in [0.15, 0.2) is 0 Å². The van der Waals surface area contributed by atoms with Crippen molar-refractivity contribution in [3.8, 4) is 0 Å². The van der Waals surface area contributed by atoms with E-state index in [-0.39, 0.29) is 11.8 Å². The molecule has 0 radical (unpaired) electrons. The van der Waals surface area contributed by atoms with Gasteiger partial charge in [-0.25, -0.2) is 5.01 Å². The third-order valence-corrected chi connectivity index (χ3v) is 8.72. The zero-order chi connectivity index (χ0) is 27.3. The van der Waals surface area contributed by atoms with Crippen molar-refractivity contribution in [1.29, 1.82) is 0 Å². The van der Waals surface area contributed by atoms with Gasteiger partial charge in [-0.1, -0.05) is 47.5 Å². The number of piperidine rings is 2. The van der Waals surface area contributed by atoms with E-state index in [0.29, 0.717) is 54.5 Å². The van der Waals surface area contributed by atoms with Crippen LogP contribution in [0.25, 0.3) is 0 Å². The summed E-state index contributed by atoms with van der Waals surface area (Å²) < 4.78 is 0. The second kappa shape index (κ2) is 12.5. The zero-order valence-electron chi connectivity index (χ0n) is 21.9. The number of benzene rings is 2. The lowest BCUT2D eigenvalue weighted by atomic mass is 9.83. The molecule has 0 unspecified atom stereocenters. The summed E-state index contributed by atoms with van der Waals surface area (Å²) in [5.74, 6) is -0.528. The van der Waals surface area contributed by atoms with Crippen molar-refractivity contribution in [2.24, 2.45) is 5.73 Å². The van der Waals surface area contributed by atoms with E-state index in [1.807, 2.05) is 47.5 Å². The average Bonchev–Trinajstić information content (AvgIpc) is 2.92. The van der Waals surface area contributed by atoms with Crippen molar-refractivity contribution in [1.82, 2.24) is 14.9 Å². The number of unbranched alkanes of at least 4 members (excludes halogenated alkanes) is 1. The number of hydrogen-bond acceptors (Lipinski definition) is 4. The Morgan fingerprint density at radius 1 is 0.974 bits per heavy atom. The van der Waals surface area contributed by atoms with Crippen LogP contribution in [0.5, 0.6) is 0 Å². The summed E-state index contributed by atoms with van der Waals surface area (Å²) >= 11 is 12.1. The minimum Gasteiger partial charge on any atom is -0.368 e. The van der Waals surface area contributed by atoms with Crippen molar-refractivity contribution >= 4 is 40.9 Å². The zero-order valence-corrected chi connectivity index (χ0v) is 23.4. The van der Waals surface area contributed by atoms with E-state index in [4.69, 9.17) is 28.9 Å². The number of nitrogens with zero attached hydrogens (tertiary/aromatic N) is 3. The van der Waals surface area contributed by atoms with Crippen LogP contribution in [0.15, 0.2) is 42.5 Å².